The molecule has 4 atom stereocenters. The number of allylic oxidation sites excluding steroid dienone is 1. The second-order valence-electron chi connectivity index (χ2n) is 6.35. The minimum atomic E-state index is -1.13. The highest BCUT2D eigenvalue weighted by atomic mass is 16.5. The van der Waals surface area contributed by atoms with Gasteiger partial charge < -0.3 is 4.74 Å². The lowest BCUT2D eigenvalue weighted by molar-refractivity contribution is -0.153. The van der Waals surface area contributed by atoms with Crippen LogP contribution in [-0.4, -0.2) is 11.5 Å². The molecule has 5 heteroatoms. The number of azide groups is 1. The lowest BCUT2D eigenvalue weighted by Crippen LogP contribution is -2.42. The zero-order valence-corrected chi connectivity index (χ0v) is 13.7. The molecule has 0 N–H and O–H groups in total. The predicted octanol–water partition coefficient (Wildman–Crippen LogP) is 4.65. The highest BCUT2D eigenvalue weighted by Gasteiger charge is 2.55. The number of hydrogen-bond donors (Lipinski definition) is 0. The summed E-state index contributed by atoms with van der Waals surface area (Å²) in [6.07, 6.45) is 2.93. The third-order valence-electron chi connectivity index (χ3n) is 4.99. The zero-order valence-electron chi connectivity index (χ0n) is 13.7. The van der Waals surface area contributed by atoms with E-state index in [2.05, 4.69) is 30.5 Å². The maximum absolute atomic E-state index is 12.8. The SMILES string of the molecule is C=CC[C@H]1[C@H](C)[C@H](C)CC1(N=[N+]=[N-])C(=O)OCc1ccccc1. The van der Waals surface area contributed by atoms with E-state index in [1.807, 2.05) is 30.3 Å². The average molecular weight is 313 g/mol. The second-order valence-corrected chi connectivity index (χ2v) is 6.35. The van der Waals surface area contributed by atoms with Crippen molar-refractivity contribution in [3.05, 3.63) is 59.0 Å². The van der Waals surface area contributed by atoms with E-state index in [1.54, 1.807) is 6.08 Å². The van der Waals surface area contributed by atoms with Gasteiger partial charge in [0, 0.05) is 4.91 Å². The summed E-state index contributed by atoms with van der Waals surface area (Å²) in [5.41, 5.74) is 8.79. The van der Waals surface area contributed by atoms with Crippen LogP contribution in [0.4, 0.5) is 0 Å². The van der Waals surface area contributed by atoms with Gasteiger partial charge in [-0.3, -0.25) is 4.79 Å². The first-order chi connectivity index (χ1) is 11.0. The summed E-state index contributed by atoms with van der Waals surface area (Å²) in [4.78, 5) is 15.7. The summed E-state index contributed by atoms with van der Waals surface area (Å²) in [6.45, 7) is 8.14. The van der Waals surface area contributed by atoms with Crippen molar-refractivity contribution in [3.63, 3.8) is 0 Å². The highest BCUT2D eigenvalue weighted by Crippen LogP contribution is 2.49. The van der Waals surface area contributed by atoms with E-state index in [9.17, 15) is 4.79 Å². The molecule has 122 valence electrons. The molecule has 1 unspecified atom stereocenters. The van der Waals surface area contributed by atoms with Crippen LogP contribution in [0.25, 0.3) is 10.4 Å². The molecule has 0 aliphatic heterocycles. The molecule has 0 bridgehead atoms. The summed E-state index contributed by atoms with van der Waals surface area (Å²) in [5.74, 6) is 0.0499. The number of rotatable bonds is 6. The summed E-state index contributed by atoms with van der Waals surface area (Å²) in [7, 11) is 0. The monoisotopic (exact) mass is 313 g/mol. The Balaban J connectivity index is 2.23. The van der Waals surface area contributed by atoms with Crippen LogP contribution in [0.15, 0.2) is 48.1 Å². The maximum atomic E-state index is 12.8. The third kappa shape index (κ3) is 3.40. The fourth-order valence-corrected chi connectivity index (χ4v) is 3.57. The Hall–Kier alpha value is -2.26. The van der Waals surface area contributed by atoms with Crippen LogP contribution in [0, 0.1) is 17.8 Å². The van der Waals surface area contributed by atoms with Crippen LogP contribution >= 0.6 is 0 Å². The molecule has 0 aromatic heterocycles. The number of hydrogen-bond acceptors (Lipinski definition) is 3. The number of carbonyl (C=O) groups excluding carboxylic acids is 1. The number of ether oxygens (including phenoxy) is 1. The van der Waals surface area contributed by atoms with Crippen LogP contribution in [0.1, 0.15) is 32.3 Å². The molecule has 2 rings (SSSR count). The summed E-state index contributed by atoms with van der Waals surface area (Å²) >= 11 is 0. The molecule has 1 aromatic rings. The van der Waals surface area contributed by atoms with Crippen molar-refractivity contribution in [3.8, 4) is 0 Å². The van der Waals surface area contributed by atoms with Crippen molar-refractivity contribution in [2.24, 2.45) is 22.9 Å². The van der Waals surface area contributed by atoms with Gasteiger partial charge >= 0.3 is 5.97 Å². The van der Waals surface area contributed by atoms with E-state index in [1.165, 1.54) is 0 Å². The largest absolute Gasteiger partial charge is 0.460 e. The van der Waals surface area contributed by atoms with E-state index >= 15 is 0 Å². The van der Waals surface area contributed by atoms with E-state index in [0.29, 0.717) is 12.8 Å². The van der Waals surface area contributed by atoms with Crippen LogP contribution < -0.4 is 0 Å². The summed E-state index contributed by atoms with van der Waals surface area (Å²) in [5, 5.41) is 3.93. The van der Waals surface area contributed by atoms with Gasteiger partial charge in [0.25, 0.3) is 0 Å². The summed E-state index contributed by atoms with van der Waals surface area (Å²) in [6, 6.07) is 9.50. The maximum Gasteiger partial charge on any atom is 0.318 e. The normalized spacial score (nSPS) is 29.6. The Morgan fingerprint density at radius 3 is 2.78 bits per heavy atom. The van der Waals surface area contributed by atoms with Crippen molar-refractivity contribution in [1.29, 1.82) is 0 Å². The van der Waals surface area contributed by atoms with Gasteiger partial charge in [-0.2, -0.15) is 0 Å². The van der Waals surface area contributed by atoms with Gasteiger partial charge in [-0.05, 0) is 41.7 Å². The first-order valence-electron chi connectivity index (χ1n) is 7.93. The van der Waals surface area contributed by atoms with Crippen LogP contribution in [0.2, 0.25) is 0 Å². The highest BCUT2D eigenvalue weighted by molar-refractivity contribution is 5.82. The molecule has 0 amide bonds. The third-order valence-corrected chi connectivity index (χ3v) is 4.99. The van der Waals surface area contributed by atoms with E-state index < -0.39 is 11.5 Å². The molecular weight excluding hydrogens is 290 g/mol. The van der Waals surface area contributed by atoms with Gasteiger partial charge in [-0.25, -0.2) is 0 Å². The van der Waals surface area contributed by atoms with Gasteiger partial charge in [0.2, 0.25) is 0 Å². The van der Waals surface area contributed by atoms with E-state index in [0.717, 1.165) is 5.56 Å². The lowest BCUT2D eigenvalue weighted by Gasteiger charge is -2.29. The van der Waals surface area contributed by atoms with Crippen LogP contribution in [0.3, 0.4) is 0 Å². The second kappa shape index (κ2) is 7.34. The molecule has 1 aromatic carbocycles. The first-order valence-corrected chi connectivity index (χ1v) is 7.93. The lowest BCUT2D eigenvalue weighted by atomic mass is 9.81. The molecule has 1 aliphatic rings. The molecule has 1 fully saturated rings. The van der Waals surface area contributed by atoms with Crippen molar-refractivity contribution in [2.75, 3.05) is 0 Å². The molecule has 0 heterocycles. The Morgan fingerprint density at radius 1 is 1.48 bits per heavy atom. The fraction of sp³-hybridized carbons (Fsp3) is 0.500. The van der Waals surface area contributed by atoms with Gasteiger partial charge in [-0.1, -0.05) is 55.4 Å². The van der Waals surface area contributed by atoms with Crippen molar-refractivity contribution < 1.29 is 9.53 Å². The van der Waals surface area contributed by atoms with E-state index in [-0.39, 0.29) is 24.4 Å². The minimum Gasteiger partial charge on any atom is -0.460 e. The quantitative estimate of drug-likeness (QED) is 0.252. The Bertz CT molecular complexity index is 610. The molecule has 1 aliphatic carbocycles. The Morgan fingerprint density at radius 2 is 2.17 bits per heavy atom. The van der Waals surface area contributed by atoms with Gasteiger partial charge in [0.15, 0.2) is 0 Å². The van der Waals surface area contributed by atoms with Crippen molar-refractivity contribution in [2.45, 2.75) is 38.8 Å². The number of esters is 1. The number of carbonyl (C=O) groups is 1. The van der Waals surface area contributed by atoms with Gasteiger partial charge in [-0.15, -0.1) is 6.58 Å². The van der Waals surface area contributed by atoms with Crippen molar-refractivity contribution >= 4 is 5.97 Å². The molecule has 23 heavy (non-hydrogen) atoms. The predicted molar refractivity (Wildman–Crippen MR) is 89.4 cm³/mol. The zero-order chi connectivity index (χ0) is 16.9. The topological polar surface area (TPSA) is 75.1 Å². The Kier molecular flexibility index (Phi) is 5.45. The number of nitrogens with zero attached hydrogens (tertiary/aromatic N) is 3. The molecule has 5 nitrogen and oxygen atoms in total. The van der Waals surface area contributed by atoms with Crippen LogP contribution in [0.5, 0.6) is 0 Å². The molecule has 1 saturated carbocycles. The minimum absolute atomic E-state index is 0.0748. The molecule has 0 radical (unpaired) electrons. The van der Waals surface area contributed by atoms with Gasteiger partial charge in [0.05, 0.1) is 0 Å². The Labute approximate surface area is 137 Å². The molecule has 0 spiro atoms. The van der Waals surface area contributed by atoms with E-state index in [4.69, 9.17) is 10.3 Å². The van der Waals surface area contributed by atoms with Crippen LogP contribution in [-0.2, 0) is 16.1 Å². The average Bonchev–Trinajstić information content (AvgIpc) is 2.80. The standard InChI is InChI=1S/C18H23N3O2/c1-4-8-16-14(3)13(2)11-18(16,20-21-19)17(22)23-12-15-9-6-5-7-10-15/h4-7,9-10,13-14,16H,1,8,11-12H2,2-3H3/t13-,14-,16+,18?/m1/s1. The number of benzene rings is 1. The summed E-state index contributed by atoms with van der Waals surface area (Å²) < 4.78 is 5.50. The molecule has 0 saturated heterocycles. The first kappa shape index (κ1) is 17.1. The smallest absolute Gasteiger partial charge is 0.318 e. The molecular formula is C18H23N3O2. The van der Waals surface area contributed by atoms with Crippen molar-refractivity contribution in [1.82, 2.24) is 0 Å². The fourth-order valence-electron chi connectivity index (χ4n) is 3.57. The van der Waals surface area contributed by atoms with Gasteiger partial charge in [0.1, 0.15) is 12.1 Å².